The van der Waals surface area contributed by atoms with Gasteiger partial charge in [0.05, 0.1) is 17.0 Å². The van der Waals surface area contributed by atoms with Crippen molar-refractivity contribution in [2.24, 2.45) is 0 Å². The molecule has 0 unspecified atom stereocenters. The number of hydrogen-bond acceptors (Lipinski definition) is 3. The zero-order valence-corrected chi connectivity index (χ0v) is 9.40. The van der Waals surface area contributed by atoms with Crippen molar-refractivity contribution in [2.45, 2.75) is 32.6 Å². The van der Waals surface area contributed by atoms with Gasteiger partial charge in [-0.15, -0.1) is 0 Å². The third kappa shape index (κ3) is 1.33. The van der Waals surface area contributed by atoms with Gasteiger partial charge >= 0.3 is 0 Å². The topological polar surface area (TPSA) is 47.3 Å². The van der Waals surface area contributed by atoms with E-state index in [1.54, 1.807) is 17.6 Å². The van der Waals surface area contributed by atoms with Gasteiger partial charge in [0.15, 0.2) is 11.4 Å². The predicted molar refractivity (Wildman–Crippen MR) is 59.7 cm³/mol. The Balaban J connectivity index is 2.22. The van der Waals surface area contributed by atoms with Gasteiger partial charge in [0.1, 0.15) is 0 Å². The van der Waals surface area contributed by atoms with E-state index < -0.39 is 0 Å². The molecular formula is C12H13N3O. The zero-order valence-electron chi connectivity index (χ0n) is 9.40. The summed E-state index contributed by atoms with van der Waals surface area (Å²) in [6, 6.07) is 2.02. The number of nitrogens with zero attached hydrogens (tertiary/aromatic N) is 3. The Morgan fingerprint density at radius 3 is 2.88 bits per heavy atom. The van der Waals surface area contributed by atoms with Crippen molar-refractivity contribution in [3.8, 4) is 0 Å². The first-order chi connectivity index (χ1) is 7.66. The third-order valence-corrected chi connectivity index (χ3v) is 3.12. The monoisotopic (exact) mass is 215 g/mol. The smallest absolute Gasteiger partial charge is 0.163 e. The lowest BCUT2D eigenvalue weighted by atomic mass is 10.2. The van der Waals surface area contributed by atoms with E-state index in [0.717, 1.165) is 17.0 Å². The molecule has 4 heteroatoms. The maximum absolute atomic E-state index is 11.4. The molecule has 16 heavy (non-hydrogen) atoms. The molecule has 0 aromatic carbocycles. The lowest BCUT2D eigenvalue weighted by molar-refractivity contribution is 0.101. The van der Waals surface area contributed by atoms with Crippen molar-refractivity contribution in [3.63, 3.8) is 0 Å². The first-order valence-corrected chi connectivity index (χ1v) is 5.53. The number of hydrogen-bond donors (Lipinski definition) is 0. The molecule has 1 fully saturated rings. The summed E-state index contributed by atoms with van der Waals surface area (Å²) >= 11 is 0. The van der Waals surface area contributed by atoms with E-state index >= 15 is 0 Å². The van der Waals surface area contributed by atoms with Gasteiger partial charge in [-0.1, -0.05) is 0 Å². The number of Topliss-reactive ketones (excluding diaryl/α,β-unsaturated/α-hetero) is 1. The number of carbonyl (C=O) groups is 1. The normalized spacial score (nSPS) is 15.6. The molecule has 0 bridgehead atoms. The number of carbonyl (C=O) groups excluding carboxylic acids is 1. The number of ketones is 1. The Morgan fingerprint density at radius 2 is 2.25 bits per heavy atom. The van der Waals surface area contributed by atoms with Gasteiger partial charge in [0, 0.05) is 18.2 Å². The van der Waals surface area contributed by atoms with Crippen LogP contribution in [0.4, 0.5) is 0 Å². The molecule has 3 rings (SSSR count). The van der Waals surface area contributed by atoms with Gasteiger partial charge in [-0.25, -0.2) is 9.50 Å². The van der Waals surface area contributed by atoms with Crippen LogP contribution in [0, 0.1) is 6.92 Å². The summed E-state index contributed by atoms with van der Waals surface area (Å²) in [7, 11) is 0. The van der Waals surface area contributed by atoms with Crippen LogP contribution in [0.5, 0.6) is 0 Å². The highest BCUT2D eigenvalue weighted by molar-refractivity contribution is 5.94. The second-order valence-electron chi connectivity index (χ2n) is 4.43. The van der Waals surface area contributed by atoms with Crippen molar-refractivity contribution >= 4 is 11.4 Å². The fourth-order valence-electron chi connectivity index (χ4n) is 1.99. The standard InChI is InChI=1S/C12H13N3O/c1-7-10(8(2)16)6-13-12-5-11(9-3-4-9)14-15(7)12/h5-6,9H,3-4H2,1-2H3. The molecule has 82 valence electrons. The molecule has 0 aliphatic heterocycles. The molecule has 0 saturated heterocycles. The second kappa shape index (κ2) is 3.14. The number of aryl methyl sites for hydroxylation is 1. The van der Waals surface area contributed by atoms with Crippen molar-refractivity contribution in [1.29, 1.82) is 0 Å². The minimum atomic E-state index is 0.0374. The van der Waals surface area contributed by atoms with Crippen LogP contribution in [0.1, 0.15) is 47.4 Å². The lowest BCUT2D eigenvalue weighted by Crippen LogP contribution is -2.05. The second-order valence-corrected chi connectivity index (χ2v) is 4.43. The molecule has 4 nitrogen and oxygen atoms in total. The van der Waals surface area contributed by atoms with Gasteiger partial charge in [-0.05, 0) is 26.7 Å². The Hall–Kier alpha value is -1.71. The predicted octanol–water partition coefficient (Wildman–Crippen LogP) is 2.12. The molecule has 0 amide bonds. The fourth-order valence-corrected chi connectivity index (χ4v) is 1.99. The minimum absolute atomic E-state index is 0.0374. The Labute approximate surface area is 93.3 Å². The van der Waals surface area contributed by atoms with Crippen molar-refractivity contribution in [1.82, 2.24) is 14.6 Å². The first kappa shape index (κ1) is 9.51. The summed E-state index contributed by atoms with van der Waals surface area (Å²) in [5, 5.41) is 4.52. The SMILES string of the molecule is CC(=O)c1cnc2cc(C3CC3)nn2c1C. The third-order valence-electron chi connectivity index (χ3n) is 3.12. The van der Waals surface area contributed by atoms with E-state index in [9.17, 15) is 4.79 Å². The van der Waals surface area contributed by atoms with Gasteiger partial charge in [-0.2, -0.15) is 5.10 Å². The Kier molecular flexibility index (Phi) is 1.87. The molecule has 1 aliphatic rings. The van der Waals surface area contributed by atoms with Crippen LogP contribution < -0.4 is 0 Å². The Bertz CT molecular complexity index is 581. The summed E-state index contributed by atoms with van der Waals surface area (Å²) in [6.45, 7) is 3.47. The summed E-state index contributed by atoms with van der Waals surface area (Å²) in [4.78, 5) is 15.7. The Morgan fingerprint density at radius 1 is 1.50 bits per heavy atom. The highest BCUT2D eigenvalue weighted by atomic mass is 16.1. The van der Waals surface area contributed by atoms with Crippen LogP contribution in [0.25, 0.3) is 5.65 Å². The van der Waals surface area contributed by atoms with Gasteiger partial charge in [0.25, 0.3) is 0 Å². The molecule has 2 heterocycles. The maximum atomic E-state index is 11.4. The van der Waals surface area contributed by atoms with Crippen LogP contribution in [0.3, 0.4) is 0 Å². The highest BCUT2D eigenvalue weighted by Gasteiger charge is 2.27. The van der Waals surface area contributed by atoms with Crippen LogP contribution in [-0.2, 0) is 0 Å². The molecule has 1 aliphatic carbocycles. The number of rotatable bonds is 2. The molecule has 0 spiro atoms. The van der Waals surface area contributed by atoms with E-state index in [1.807, 2.05) is 13.0 Å². The van der Waals surface area contributed by atoms with Gasteiger partial charge in [0.2, 0.25) is 0 Å². The maximum Gasteiger partial charge on any atom is 0.163 e. The highest BCUT2D eigenvalue weighted by Crippen LogP contribution is 2.39. The molecule has 2 aromatic heterocycles. The van der Waals surface area contributed by atoms with E-state index in [1.165, 1.54) is 12.8 Å². The lowest BCUT2D eigenvalue weighted by Gasteiger charge is -2.02. The van der Waals surface area contributed by atoms with E-state index in [4.69, 9.17) is 0 Å². The van der Waals surface area contributed by atoms with Gasteiger partial charge in [-0.3, -0.25) is 4.79 Å². The molecule has 0 radical (unpaired) electrons. The van der Waals surface area contributed by atoms with Crippen LogP contribution >= 0.6 is 0 Å². The molecule has 0 N–H and O–H groups in total. The summed E-state index contributed by atoms with van der Waals surface area (Å²) < 4.78 is 1.78. The zero-order chi connectivity index (χ0) is 11.3. The summed E-state index contributed by atoms with van der Waals surface area (Å²) in [5.74, 6) is 0.650. The fraction of sp³-hybridized carbons (Fsp3) is 0.417. The van der Waals surface area contributed by atoms with Crippen LogP contribution in [0.15, 0.2) is 12.3 Å². The molecule has 2 aromatic rings. The average Bonchev–Trinajstić information content (AvgIpc) is 2.99. The molecule has 1 saturated carbocycles. The summed E-state index contributed by atoms with van der Waals surface area (Å²) in [6.07, 6.45) is 4.09. The van der Waals surface area contributed by atoms with E-state index in [2.05, 4.69) is 10.1 Å². The van der Waals surface area contributed by atoms with Crippen molar-refractivity contribution < 1.29 is 4.79 Å². The largest absolute Gasteiger partial charge is 0.294 e. The van der Waals surface area contributed by atoms with Crippen molar-refractivity contribution in [3.05, 3.63) is 29.2 Å². The van der Waals surface area contributed by atoms with Gasteiger partial charge < -0.3 is 0 Å². The average molecular weight is 215 g/mol. The van der Waals surface area contributed by atoms with E-state index in [0.29, 0.717) is 11.5 Å². The quantitative estimate of drug-likeness (QED) is 0.721. The van der Waals surface area contributed by atoms with E-state index in [-0.39, 0.29) is 5.78 Å². The minimum Gasteiger partial charge on any atom is -0.294 e. The summed E-state index contributed by atoms with van der Waals surface area (Å²) in [5.41, 5.74) is 3.48. The molecular weight excluding hydrogens is 202 g/mol. The van der Waals surface area contributed by atoms with Crippen LogP contribution in [-0.4, -0.2) is 20.4 Å². The first-order valence-electron chi connectivity index (χ1n) is 5.53. The molecule has 0 atom stereocenters. The number of fused-ring (bicyclic) bond motifs is 1. The number of aromatic nitrogens is 3. The van der Waals surface area contributed by atoms with Crippen LogP contribution in [0.2, 0.25) is 0 Å². The van der Waals surface area contributed by atoms with Crippen molar-refractivity contribution in [2.75, 3.05) is 0 Å².